The van der Waals surface area contributed by atoms with Gasteiger partial charge >= 0.3 is 6.03 Å². The van der Waals surface area contributed by atoms with E-state index in [0.29, 0.717) is 5.69 Å². The van der Waals surface area contributed by atoms with Gasteiger partial charge in [0.2, 0.25) is 0 Å². The minimum atomic E-state index is -0.999. The first kappa shape index (κ1) is 16.0. The molecule has 1 heterocycles. The fraction of sp³-hybridized carbons (Fsp3) is 0.118. The first-order valence-electron chi connectivity index (χ1n) is 6.90. The molecule has 6 heteroatoms. The summed E-state index contributed by atoms with van der Waals surface area (Å²) in [6.45, 7) is 4.04. The molecule has 116 valence electrons. The van der Waals surface area contributed by atoms with Crippen molar-refractivity contribution in [2.24, 2.45) is 5.73 Å². The molecule has 0 aliphatic rings. The summed E-state index contributed by atoms with van der Waals surface area (Å²) in [6, 6.07) is 10.3. The number of nitrogens with one attached hydrogen (secondary N) is 1. The number of hydrogen-bond donors (Lipinski definition) is 2. The van der Waals surface area contributed by atoms with Crippen molar-refractivity contribution in [3.63, 3.8) is 0 Å². The normalized spacial score (nSPS) is 10.9. The van der Waals surface area contributed by atoms with E-state index in [2.05, 4.69) is 0 Å². The molecule has 1 aromatic heterocycles. The second-order valence-corrected chi connectivity index (χ2v) is 5.06. The quantitative estimate of drug-likeness (QED) is 0.671. The smallest absolute Gasteiger partial charge is 0.319 e. The first-order chi connectivity index (χ1) is 10.9. The van der Waals surface area contributed by atoms with Crippen molar-refractivity contribution in [3.8, 4) is 11.8 Å². The molecular weight excluding hydrogens is 292 g/mol. The van der Waals surface area contributed by atoms with Crippen LogP contribution < -0.4 is 11.1 Å². The van der Waals surface area contributed by atoms with Crippen LogP contribution in [0.1, 0.15) is 16.8 Å². The summed E-state index contributed by atoms with van der Waals surface area (Å²) in [5, 5.41) is 11.0. The van der Waals surface area contributed by atoms with E-state index in [1.165, 1.54) is 11.6 Å². The Morgan fingerprint density at radius 1 is 1.26 bits per heavy atom. The lowest BCUT2D eigenvalue weighted by atomic mass is 10.1. The summed E-state index contributed by atoms with van der Waals surface area (Å²) in [5.41, 5.74) is 8.57. The van der Waals surface area contributed by atoms with Crippen LogP contribution in [0.3, 0.4) is 0 Å². The molecule has 0 fully saturated rings. The maximum atomic E-state index is 11.7. The van der Waals surface area contributed by atoms with E-state index in [9.17, 15) is 9.59 Å². The number of carbonyl (C=O) groups excluding carboxylic acids is 2. The van der Waals surface area contributed by atoms with E-state index in [0.717, 1.165) is 11.3 Å². The van der Waals surface area contributed by atoms with Crippen LogP contribution in [0.25, 0.3) is 11.8 Å². The van der Waals surface area contributed by atoms with Crippen LogP contribution in [0.5, 0.6) is 0 Å². The van der Waals surface area contributed by atoms with E-state index in [1.807, 2.05) is 54.2 Å². The van der Waals surface area contributed by atoms with Gasteiger partial charge in [0.05, 0.1) is 0 Å². The SMILES string of the molecule is Cc1ccc(-n2cccc2/C=C(/C#N)C(=O)NC(N)=O)cc1C. The van der Waals surface area contributed by atoms with Crippen LogP contribution in [0.2, 0.25) is 0 Å². The van der Waals surface area contributed by atoms with Gasteiger partial charge in [-0.15, -0.1) is 0 Å². The van der Waals surface area contributed by atoms with E-state index in [-0.39, 0.29) is 5.57 Å². The molecule has 3 amide bonds. The number of nitrogens with two attached hydrogens (primary N) is 1. The number of benzene rings is 1. The average molecular weight is 308 g/mol. The van der Waals surface area contributed by atoms with Gasteiger partial charge in [-0.25, -0.2) is 4.79 Å². The summed E-state index contributed by atoms with van der Waals surface area (Å²) in [4.78, 5) is 22.5. The molecule has 3 N–H and O–H groups in total. The zero-order valence-electron chi connectivity index (χ0n) is 12.8. The molecule has 0 atom stereocenters. The lowest BCUT2D eigenvalue weighted by Gasteiger charge is -2.09. The fourth-order valence-corrected chi connectivity index (χ4v) is 2.10. The highest BCUT2D eigenvalue weighted by molar-refractivity contribution is 6.08. The molecule has 0 radical (unpaired) electrons. The van der Waals surface area contributed by atoms with Gasteiger partial charge in [0, 0.05) is 17.6 Å². The molecule has 0 saturated carbocycles. The maximum absolute atomic E-state index is 11.7. The Morgan fingerprint density at radius 2 is 2.00 bits per heavy atom. The topological polar surface area (TPSA) is 101 Å². The Bertz CT molecular complexity index is 841. The minimum Gasteiger partial charge on any atom is -0.351 e. The Morgan fingerprint density at radius 3 is 2.61 bits per heavy atom. The number of aryl methyl sites for hydroxylation is 2. The summed E-state index contributed by atoms with van der Waals surface area (Å²) < 4.78 is 1.85. The van der Waals surface area contributed by atoms with Gasteiger partial charge in [-0.1, -0.05) is 6.07 Å². The largest absolute Gasteiger partial charge is 0.351 e. The van der Waals surface area contributed by atoms with Gasteiger partial charge in [0.1, 0.15) is 11.6 Å². The molecule has 0 unspecified atom stereocenters. The lowest BCUT2D eigenvalue weighted by molar-refractivity contribution is -0.115. The van der Waals surface area contributed by atoms with Crippen molar-refractivity contribution < 1.29 is 9.59 Å². The number of imide groups is 1. The van der Waals surface area contributed by atoms with Crippen molar-refractivity contribution in [2.75, 3.05) is 0 Å². The number of carbonyl (C=O) groups is 2. The highest BCUT2D eigenvalue weighted by Gasteiger charge is 2.12. The highest BCUT2D eigenvalue weighted by atomic mass is 16.2. The molecule has 1 aromatic carbocycles. The molecule has 0 saturated heterocycles. The van der Waals surface area contributed by atoms with Gasteiger partial charge in [0.15, 0.2) is 0 Å². The summed E-state index contributed by atoms with van der Waals surface area (Å²) in [7, 11) is 0. The number of aromatic nitrogens is 1. The summed E-state index contributed by atoms with van der Waals surface area (Å²) in [5.74, 6) is -0.826. The van der Waals surface area contributed by atoms with Crippen LogP contribution in [-0.4, -0.2) is 16.5 Å². The van der Waals surface area contributed by atoms with Crippen LogP contribution in [0.15, 0.2) is 42.1 Å². The van der Waals surface area contributed by atoms with E-state index in [1.54, 1.807) is 12.1 Å². The molecular formula is C17H16N4O2. The monoisotopic (exact) mass is 308 g/mol. The van der Waals surface area contributed by atoms with Crippen molar-refractivity contribution in [3.05, 3.63) is 58.9 Å². The van der Waals surface area contributed by atoms with Crippen LogP contribution in [-0.2, 0) is 4.79 Å². The molecule has 0 spiro atoms. The zero-order chi connectivity index (χ0) is 17.0. The zero-order valence-corrected chi connectivity index (χ0v) is 12.8. The standard InChI is InChI=1S/C17H16N4O2/c1-11-5-6-15(8-12(11)2)21-7-3-4-14(21)9-13(10-18)16(22)20-17(19)23/h3-9H,1-2H3,(H3,19,20,22,23)/b13-9-. The second-order valence-electron chi connectivity index (χ2n) is 5.06. The Labute approximate surface area is 133 Å². The predicted octanol–water partition coefficient (Wildman–Crippen LogP) is 2.20. The van der Waals surface area contributed by atoms with E-state index in [4.69, 9.17) is 11.0 Å². The number of nitrogens with zero attached hydrogens (tertiary/aromatic N) is 2. The maximum Gasteiger partial charge on any atom is 0.319 e. The van der Waals surface area contributed by atoms with Crippen LogP contribution in [0.4, 0.5) is 4.79 Å². The fourth-order valence-electron chi connectivity index (χ4n) is 2.10. The molecule has 6 nitrogen and oxygen atoms in total. The third-order valence-corrected chi connectivity index (χ3v) is 3.44. The minimum absolute atomic E-state index is 0.201. The number of rotatable bonds is 3. The second kappa shape index (κ2) is 6.62. The van der Waals surface area contributed by atoms with Gasteiger partial charge in [0.25, 0.3) is 5.91 Å². The Balaban J connectivity index is 2.42. The average Bonchev–Trinajstić information content (AvgIpc) is 2.95. The first-order valence-corrected chi connectivity index (χ1v) is 6.90. The van der Waals surface area contributed by atoms with E-state index < -0.39 is 11.9 Å². The number of nitriles is 1. The predicted molar refractivity (Wildman–Crippen MR) is 86.6 cm³/mol. The van der Waals surface area contributed by atoms with Gasteiger partial charge in [-0.2, -0.15) is 5.26 Å². The van der Waals surface area contributed by atoms with Crippen molar-refractivity contribution in [2.45, 2.75) is 13.8 Å². The van der Waals surface area contributed by atoms with Gasteiger partial charge < -0.3 is 10.3 Å². The molecule has 2 rings (SSSR count). The highest BCUT2D eigenvalue weighted by Crippen LogP contribution is 2.18. The van der Waals surface area contributed by atoms with Crippen molar-refractivity contribution in [1.82, 2.24) is 9.88 Å². The van der Waals surface area contributed by atoms with Crippen LogP contribution >= 0.6 is 0 Å². The van der Waals surface area contributed by atoms with Crippen LogP contribution in [0, 0.1) is 25.2 Å². The van der Waals surface area contributed by atoms with Crippen molar-refractivity contribution >= 4 is 18.0 Å². The number of urea groups is 1. The Kier molecular flexibility index (Phi) is 4.62. The third kappa shape index (κ3) is 3.66. The van der Waals surface area contributed by atoms with Gasteiger partial charge in [-0.3, -0.25) is 10.1 Å². The molecule has 23 heavy (non-hydrogen) atoms. The number of primary amides is 1. The molecule has 2 aromatic rings. The number of hydrogen-bond acceptors (Lipinski definition) is 3. The van der Waals surface area contributed by atoms with Crippen molar-refractivity contribution in [1.29, 1.82) is 5.26 Å². The number of amides is 3. The third-order valence-electron chi connectivity index (χ3n) is 3.44. The molecule has 0 aliphatic heterocycles. The molecule has 0 aliphatic carbocycles. The Hall–Kier alpha value is -3.33. The molecule has 0 bridgehead atoms. The lowest BCUT2D eigenvalue weighted by Crippen LogP contribution is -2.35. The summed E-state index contributed by atoms with van der Waals surface area (Å²) in [6.07, 6.45) is 3.24. The van der Waals surface area contributed by atoms with E-state index >= 15 is 0 Å². The summed E-state index contributed by atoms with van der Waals surface area (Å²) >= 11 is 0. The van der Waals surface area contributed by atoms with Gasteiger partial charge in [-0.05, 0) is 55.3 Å².